The van der Waals surface area contributed by atoms with Crippen molar-refractivity contribution in [1.29, 1.82) is 0 Å². The third-order valence-corrected chi connectivity index (χ3v) is 5.21. The number of halogens is 2. The zero-order valence-corrected chi connectivity index (χ0v) is 14.1. The largest absolute Gasteiger partial charge is 0.341 e. The summed E-state index contributed by atoms with van der Waals surface area (Å²) in [6.07, 6.45) is 4.12. The quantitative estimate of drug-likeness (QED) is 0.785. The molecule has 0 saturated carbocycles. The van der Waals surface area contributed by atoms with Gasteiger partial charge in [-0.25, -0.2) is 8.78 Å². The van der Waals surface area contributed by atoms with Crippen molar-refractivity contribution in [1.82, 2.24) is 9.80 Å². The van der Waals surface area contributed by atoms with Gasteiger partial charge in [0.2, 0.25) is 11.8 Å². The van der Waals surface area contributed by atoms with Gasteiger partial charge in [-0.2, -0.15) is 0 Å². The van der Waals surface area contributed by atoms with E-state index < -0.39 is 17.0 Å². The summed E-state index contributed by atoms with van der Waals surface area (Å²) in [5.74, 6) is -1.79. The first-order chi connectivity index (χ1) is 11.9. The number of benzene rings is 1. The minimum atomic E-state index is -0.904. The number of hydrogen-bond acceptors (Lipinski definition) is 2. The summed E-state index contributed by atoms with van der Waals surface area (Å²) in [7, 11) is 0. The molecule has 0 unspecified atom stereocenters. The lowest BCUT2D eigenvalue weighted by atomic mass is 9.78. The SMILES string of the molecule is C=CCC(=O)N1CC[C@@]2(CCCN(Cc3ccc(F)c(F)c3)C2=O)C1. The van der Waals surface area contributed by atoms with E-state index >= 15 is 0 Å². The molecule has 0 radical (unpaired) electrons. The zero-order valence-electron chi connectivity index (χ0n) is 14.1. The van der Waals surface area contributed by atoms with Gasteiger partial charge in [0, 0.05) is 32.6 Å². The number of hydrogen-bond donors (Lipinski definition) is 0. The van der Waals surface area contributed by atoms with E-state index in [4.69, 9.17) is 0 Å². The fraction of sp³-hybridized carbons (Fsp3) is 0.474. The molecule has 1 aromatic carbocycles. The predicted octanol–water partition coefficient (Wildman–Crippen LogP) is 2.88. The van der Waals surface area contributed by atoms with Gasteiger partial charge in [-0.1, -0.05) is 12.1 Å². The summed E-state index contributed by atoms with van der Waals surface area (Å²) in [5, 5.41) is 0. The standard InChI is InChI=1S/C19H22F2N2O2/c1-2-4-17(24)23-10-8-19(13-23)7-3-9-22(18(19)25)12-14-5-6-15(20)16(21)11-14/h2,5-6,11H,1,3-4,7-10,12-13H2/t19-/m0/s1. The smallest absolute Gasteiger partial charge is 0.230 e. The molecule has 1 spiro atoms. The Labute approximate surface area is 146 Å². The van der Waals surface area contributed by atoms with Crippen LogP contribution in [-0.2, 0) is 16.1 Å². The van der Waals surface area contributed by atoms with E-state index in [1.165, 1.54) is 6.07 Å². The lowest BCUT2D eigenvalue weighted by Gasteiger charge is -2.39. The van der Waals surface area contributed by atoms with Gasteiger partial charge in [0.15, 0.2) is 11.6 Å². The molecule has 0 bridgehead atoms. The van der Waals surface area contributed by atoms with Crippen LogP contribution in [0.3, 0.4) is 0 Å². The number of carbonyl (C=O) groups is 2. The maximum absolute atomic E-state index is 13.4. The molecule has 0 aliphatic carbocycles. The first-order valence-corrected chi connectivity index (χ1v) is 8.57. The average molecular weight is 348 g/mol. The maximum Gasteiger partial charge on any atom is 0.230 e. The molecule has 1 aromatic rings. The van der Waals surface area contributed by atoms with Gasteiger partial charge < -0.3 is 9.80 Å². The number of carbonyl (C=O) groups excluding carboxylic acids is 2. The number of amides is 2. The minimum absolute atomic E-state index is 0.00240. The molecule has 4 nitrogen and oxygen atoms in total. The van der Waals surface area contributed by atoms with Crippen LogP contribution in [0.15, 0.2) is 30.9 Å². The van der Waals surface area contributed by atoms with E-state index in [9.17, 15) is 18.4 Å². The van der Waals surface area contributed by atoms with Crippen LogP contribution in [-0.4, -0.2) is 41.2 Å². The summed E-state index contributed by atoms with van der Waals surface area (Å²) in [5.41, 5.74) is 0.0371. The number of likely N-dealkylation sites (tertiary alicyclic amines) is 2. The molecule has 2 aliphatic rings. The molecule has 0 N–H and O–H groups in total. The maximum atomic E-state index is 13.4. The molecule has 0 aromatic heterocycles. The second kappa shape index (κ2) is 6.94. The summed E-state index contributed by atoms with van der Waals surface area (Å²) in [4.78, 5) is 28.5. The Bertz CT molecular complexity index is 707. The predicted molar refractivity (Wildman–Crippen MR) is 89.5 cm³/mol. The van der Waals surface area contributed by atoms with E-state index in [2.05, 4.69) is 6.58 Å². The first kappa shape index (κ1) is 17.6. The molecule has 2 fully saturated rings. The number of nitrogens with zero attached hydrogens (tertiary/aromatic N) is 2. The van der Waals surface area contributed by atoms with E-state index in [0.29, 0.717) is 31.6 Å². The Morgan fingerprint density at radius 3 is 2.76 bits per heavy atom. The highest BCUT2D eigenvalue weighted by Crippen LogP contribution is 2.40. The molecule has 2 aliphatic heterocycles. The van der Waals surface area contributed by atoms with Crippen molar-refractivity contribution in [3.8, 4) is 0 Å². The topological polar surface area (TPSA) is 40.6 Å². The van der Waals surface area contributed by atoms with E-state index in [0.717, 1.165) is 25.0 Å². The lowest BCUT2D eigenvalue weighted by Crippen LogP contribution is -2.50. The second-order valence-electron chi connectivity index (χ2n) is 6.92. The van der Waals surface area contributed by atoms with Crippen LogP contribution in [0.4, 0.5) is 8.78 Å². The molecular formula is C19H22F2N2O2. The summed E-state index contributed by atoms with van der Waals surface area (Å²) in [6.45, 7) is 5.46. The normalized spacial score (nSPS) is 23.4. The van der Waals surface area contributed by atoms with Gasteiger partial charge in [0.05, 0.1) is 5.41 Å². The van der Waals surface area contributed by atoms with Crippen LogP contribution in [0.2, 0.25) is 0 Å². The van der Waals surface area contributed by atoms with Crippen molar-refractivity contribution in [2.45, 2.75) is 32.2 Å². The Hall–Kier alpha value is -2.24. The third-order valence-electron chi connectivity index (χ3n) is 5.21. The highest BCUT2D eigenvalue weighted by Gasteiger charge is 2.49. The summed E-state index contributed by atoms with van der Waals surface area (Å²) in [6, 6.07) is 3.72. The van der Waals surface area contributed by atoms with Crippen LogP contribution >= 0.6 is 0 Å². The first-order valence-electron chi connectivity index (χ1n) is 8.57. The molecule has 6 heteroatoms. The zero-order chi connectivity index (χ0) is 18.0. The molecular weight excluding hydrogens is 326 g/mol. The Morgan fingerprint density at radius 2 is 2.04 bits per heavy atom. The van der Waals surface area contributed by atoms with E-state index in [1.807, 2.05) is 0 Å². The Kier molecular flexibility index (Phi) is 4.88. The minimum Gasteiger partial charge on any atom is -0.341 e. The second-order valence-corrected chi connectivity index (χ2v) is 6.92. The van der Waals surface area contributed by atoms with Crippen LogP contribution in [0, 0.1) is 17.0 Å². The highest BCUT2D eigenvalue weighted by atomic mass is 19.2. The van der Waals surface area contributed by atoms with Crippen molar-refractivity contribution in [3.63, 3.8) is 0 Å². The van der Waals surface area contributed by atoms with Gasteiger partial charge in [-0.3, -0.25) is 9.59 Å². The van der Waals surface area contributed by atoms with Crippen LogP contribution < -0.4 is 0 Å². The molecule has 1 atom stereocenters. The van der Waals surface area contributed by atoms with Gasteiger partial charge in [-0.05, 0) is 37.0 Å². The molecule has 2 saturated heterocycles. The van der Waals surface area contributed by atoms with Crippen LogP contribution in [0.25, 0.3) is 0 Å². The van der Waals surface area contributed by atoms with Crippen molar-refractivity contribution < 1.29 is 18.4 Å². The fourth-order valence-corrected chi connectivity index (χ4v) is 3.88. The molecule has 25 heavy (non-hydrogen) atoms. The van der Waals surface area contributed by atoms with Crippen molar-refractivity contribution in [2.75, 3.05) is 19.6 Å². The van der Waals surface area contributed by atoms with E-state index in [-0.39, 0.29) is 24.8 Å². The monoisotopic (exact) mass is 348 g/mol. The van der Waals surface area contributed by atoms with Crippen LogP contribution in [0.1, 0.15) is 31.2 Å². The van der Waals surface area contributed by atoms with Crippen molar-refractivity contribution in [2.24, 2.45) is 5.41 Å². The van der Waals surface area contributed by atoms with Crippen molar-refractivity contribution >= 4 is 11.8 Å². The van der Waals surface area contributed by atoms with Crippen molar-refractivity contribution in [3.05, 3.63) is 48.1 Å². The van der Waals surface area contributed by atoms with Gasteiger partial charge in [-0.15, -0.1) is 6.58 Å². The van der Waals surface area contributed by atoms with Gasteiger partial charge in [0.1, 0.15) is 0 Å². The number of piperidine rings is 1. The fourth-order valence-electron chi connectivity index (χ4n) is 3.88. The third kappa shape index (κ3) is 3.43. The molecule has 2 heterocycles. The van der Waals surface area contributed by atoms with Gasteiger partial charge in [0.25, 0.3) is 0 Å². The van der Waals surface area contributed by atoms with Crippen LogP contribution in [0.5, 0.6) is 0 Å². The molecule has 3 rings (SSSR count). The van der Waals surface area contributed by atoms with E-state index in [1.54, 1.807) is 15.9 Å². The Balaban J connectivity index is 1.72. The average Bonchev–Trinajstić information content (AvgIpc) is 3.01. The summed E-state index contributed by atoms with van der Waals surface area (Å²) < 4.78 is 26.5. The summed E-state index contributed by atoms with van der Waals surface area (Å²) >= 11 is 0. The lowest BCUT2D eigenvalue weighted by molar-refractivity contribution is -0.146. The molecule has 2 amide bonds. The molecule has 134 valence electrons. The van der Waals surface area contributed by atoms with Gasteiger partial charge >= 0.3 is 0 Å². The Morgan fingerprint density at radius 1 is 1.24 bits per heavy atom. The highest BCUT2D eigenvalue weighted by molar-refractivity contribution is 5.86. The number of rotatable bonds is 4.